The molecule has 4 aliphatic rings. The number of carbonyl (C=O) groups is 7. The minimum Gasteiger partial charge on any atom is -0.348 e. The number of hydrogen-bond acceptors (Lipinski definition) is 8. The summed E-state index contributed by atoms with van der Waals surface area (Å²) in [7, 11) is -0.282. The van der Waals surface area contributed by atoms with Gasteiger partial charge in [0.1, 0.15) is 24.2 Å². The number of hydrogen-bond donors (Lipinski definition) is 6. The molecule has 15 nitrogen and oxygen atoms in total. The molecule has 0 bridgehead atoms. The van der Waals surface area contributed by atoms with Crippen LogP contribution in [-0.4, -0.2) is 115 Å². The number of amides is 7. The number of nitrogens with zero attached hydrogens (tertiary/aromatic N) is 2. The second kappa shape index (κ2) is 25.9. The van der Waals surface area contributed by atoms with Crippen molar-refractivity contribution in [3.8, 4) is 0 Å². The fourth-order valence-corrected chi connectivity index (χ4v) is 15.0. The maximum atomic E-state index is 14.7. The van der Waals surface area contributed by atoms with Crippen LogP contribution in [0.4, 0.5) is 0 Å². The maximum absolute atomic E-state index is 14.7. The van der Waals surface area contributed by atoms with Gasteiger partial charge >= 0.3 is 0 Å². The molecule has 80 heavy (non-hydrogen) atoms. The van der Waals surface area contributed by atoms with Gasteiger partial charge in [-0.2, -0.15) is 0 Å². The third-order valence-electron chi connectivity index (χ3n) is 17.2. The van der Waals surface area contributed by atoms with Crippen molar-refractivity contribution in [2.24, 2.45) is 11.3 Å². The Morgan fingerprint density at radius 2 is 1.19 bits per heavy atom. The highest BCUT2D eigenvalue weighted by Gasteiger charge is 2.48. The summed E-state index contributed by atoms with van der Waals surface area (Å²) < 4.78 is 0. The Balaban J connectivity index is 0.899. The van der Waals surface area contributed by atoms with Gasteiger partial charge in [-0.1, -0.05) is 133 Å². The van der Waals surface area contributed by atoms with Crippen LogP contribution in [0.25, 0.3) is 0 Å². The van der Waals surface area contributed by atoms with Gasteiger partial charge in [0.2, 0.25) is 35.4 Å². The monoisotopic (exact) mass is 1110 g/mol. The van der Waals surface area contributed by atoms with Gasteiger partial charge in [0.15, 0.2) is 0 Å². The van der Waals surface area contributed by atoms with E-state index in [0.29, 0.717) is 30.6 Å². The first-order valence-corrected chi connectivity index (χ1v) is 32.7. The molecular formula is C64H86N8O7Si. The summed E-state index contributed by atoms with van der Waals surface area (Å²) in [5.41, 5.74) is 7.49. The van der Waals surface area contributed by atoms with Crippen molar-refractivity contribution in [2.75, 3.05) is 19.8 Å². The molecule has 2 fully saturated rings. The Morgan fingerprint density at radius 3 is 1.74 bits per heavy atom. The summed E-state index contributed by atoms with van der Waals surface area (Å²) in [6.07, 6.45) is 8.59. The van der Waals surface area contributed by atoms with Gasteiger partial charge < -0.3 is 41.7 Å². The average Bonchev–Trinajstić information content (AvgIpc) is 4.10. The van der Waals surface area contributed by atoms with Gasteiger partial charge in [-0.05, 0) is 141 Å². The third-order valence-corrected chi connectivity index (χ3v) is 19.9. The number of likely N-dealkylation sites (tertiary alicyclic amines) is 1. The normalized spacial score (nSPS) is 21.9. The lowest BCUT2D eigenvalue weighted by Crippen LogP contribution is -2.59. The summed E-state index contributed by atoms with van der Waals surface area (Å²) >= 11 is 0. The summed E-state index contributed by atoms with van der Waals surface area (Å²) in [6.45, 7) is 15.7. The predicted molar refractivity (Wildman–Crippen MR) is 315 cm³/mol. The van der Waals surface area contributed by atoms with Crippen LogP contribution in [0.15, 0.2) is 97.1 Å². The van der Waals surface area contributed by atoms with E-state index >= 15 is 0 Å². The van der Waals surface area contributed by atoms with E-state index in [-0.39, 0.29) is 78.7 Å². The molecule has 0 spiro atoms. The van der Waals surface area contributed by atoms with Gasteiger partial charge in [0.25, 0.3) is 5.91 Å². The van der Waals surface area contributed by atoms with Crippen LogP contribution in [0.3, 0.4) is 0 Å². The van der Waals surface area contributed by atoms with Gasteiger partial charge in [-0.3, -0.25) is 33.6 Å². The van der Waals surface area contributed by atoms with Gasteiger partial charge in [0, 0.05) is 36.7 Å². The summed E-state index contributed by atoms with van der Waals surface area (Å²) in [6, 6.07) is 28.1. The highest BCUT2D eigenvalue weighted by atomic mass is 28.3. The number of rotatable bonds is 19. The number of fused-ring (bicyclic) bond motifs is 2. The Bertz CT molecular complexity index is 2890. The molecule has 0 aromatic heterocycles. The third kappa shape index (κ3) is 14.4. The predicted octanol–water partition coefficient (Wildman–Crippen LogP) is 7.23. The Morgan fingerprint density at radius 1 is 0.650 bits per heavy atom. The largest absolute Gasteiger partial charge is 0.348 e. The van der Waals surface area contributed by atoms with E-state index < -0.39 is 49.7 Å². The molecule has 4 unspecified atom stereocenters. The lowest BCUT2D eigenvalue weighted by atomic mass is 9.85. The maximum Gasteiger partial charge on any atom is 0.251 e. The highest BCUT2D eigenvalue weighted by Crippen LogP contribution is 2.34. The van der Waals surface area contributed by atoms with Crippen LogP contribution in [0, 0.1) is 11.3 Å². The topological polar surface area (TPSA) is 198 Å². The quantitative estimate of drug-likeness (QED) is 0.0529. The van der Waals surface area contributed by atoms with Crippen molar-refractivity contribution in [3.05, 3.63) is 142 Å². The van der Waals surface area contributed by atoms with Crippen LogP contribution in [-0.2, 0) is 60.9 Å². The van der Waals surface area contributed by atoms with Crippen LogP contribution >= 0.6 is 0 Å². The van der Waals surface area contributed by atoms with Crippen molar-refractivity contribution < 1.29 is 33.6 Å². The number of nitrogens with one attached hydrogen (secondary N) is 6. The molecule has 2 aliphatic carbocycles. The molecular weight excluding hydrogens is 1020 g/mol. The van der Waals surface area contributed by atoms with E-state index in [0.717, 1.165) is 72.8 Å². The van der Waals surface area contributed by atoms with Crippen molar-refractivity contribution in [1.82, 2.24) is 41.7 Å². The summed E-state index contributed by atoms with van der Waals surface area (Å²) in [5, 5.41) is 18.7. The number of benzene rings is 4. The lowest BCUT2D eigenvalue weighted by Gasteiger charge is -2.36. The molecule has 4 aromatic rings. The Hall–Kier alpha value is -6.65. The zero-order chi connectivity index (χ0) is 57.5. The van der Waals surface area contributed by atoms with Crippen LogP contribution < -0.4 is 31.9 Å². The van der Waals surface area contributed by atoms with E-state index in [4.69, 9.17) is 0 Å². The molecule has 428 valence electrons. The van der Waals surface area contributed by atoms with Crippen molar-refractivity contribution in [2.45, 2.75) is 180 Å². The van der Waals surface area contributed by atoms with Crippen molar-refractivity contribution in [3.63, 3.8) is 0 Å². The molecule has 0 radical (unpaired) electrons. The molecule has 7 amide bonds. The molecule has 2 saturated heterocycles. The zero-order valence-corrected chi connectivity index (χ0v) is 49.6. The van der Waals surface area contributed by atoms with Crippen LogP contribution in [0.1, 0.15) is 141 Å². The fraction of sp³-hybridized carbons (Fsp3) is 0.516. The minimum atomic E-state index is -1.96. The molecule has 6 N–H and O–H groups in total. The first kappa shape index (κ1) is 59.5. The highest BCUT2D eigenvalue weighted by molar-refractivity contribution is 6.79. The summed E-state index contributed by atoms with van der Waals surface area (Å²) in [5.74, 6) is -2.10. The molecule has 0 saturated carbocycles. The number of carbonyl (C=O) groups excluding carboxylic acids is 7. The minimum absolute atomic E-state index is 0.0958. The number of likely N-dealkylation sites (N-methyl/N-ethyl adjacent to an activating group) is 1. The van der Waals surface area contributed by atoms with E-state index in [2.05, 4.69) is 75.3 Å². The molecule has 4 aromatic carbocycles. The van der Waals surface area contributed by atoms with E-state index in [1.54, 1.807) is 35.9 Å². The van der Waals surface area contributed by atoms with Gasteiger partial charge in [-0.15, -0.1) is 0 Å². The second-order valence-electron chi connectivity index (χ2n) is 25.0. The first-order chi connectivity index (χ1) is 38.1. The van der Waals surface area contributed by atoms with Crippen LogP contribution in [0.2, 0.25) is 19.1 Å². The zero-order valence-electron chi connectivity index (χ0n) is 48.6. The molecule has 16 heteroatoms. The smallest absolute Gasteiger partial charge is 0.251 e. The van der Waals surface area contributed by atoms with E-state index in [9.17, 15) is 33.6 Å². The summed E-state index contributed by atoms with van der Waals surface area (Å²) in [4.78, 5) is 102. The lowest BCUT2D eigenvalue weighted by molar-refractivity contribution is -0.144. The Labute approximate surface area is 475 Å². The molecule has 9 atom stereocenters. The van der Waals surface area contributed by atoms with Crippen molar-refractivity contribution >= 4 is 49.4 Å². The standard InChI is InChI=1S/C64H86N8O7Si/c1-10-40(2)57(73)69-53(62(78)72-39-80(8,9)38-55(72)61(77)68-52-24-16-20-46-18-12-14-22-50(46)52)35-44-29-27-42(28-30-44)25-26-43-31-33-47(34-32-43)59(75)66-48-36-54(60(76)67-51-23-15-19-45-17-11-13-21-49(45)51)71(37-48)63(79)56(64(4,5)6)70-58(74)41(3)65-7/h11-14,17-18,21-22,27-34,40-41,48,51-56,65H,10,15-16,19-20,23-26,35-39H2,1-9H3,(H,66,75)(H,67,76)(H,68,77)(H,69,73)(H,70,74)/t40-,41+,48?,51?,52?,53?,54+,55+,56-/m1/s1. The second-order valence-corrected chi connectivity index (χ2v) is 30.0. The average molecular weight is 1110 g/mol. The van der Waals surface area contributed by atoms with E-state index in [1.165, 1.54) is 11.1 Å². The molecule has 8 rings (SSSR count). The van der Waals surface area contributed by atoms with Gasteiger partial charge in [0.05, 0.1) is 26.2 Å². The van der Waals surface area contributed by atoms with Gasteiger partial charge in [-0.25, -0.2) is 0 Å². The fourth-order valence-electron chi connectivity index (χ4n) is 12.1. The number of aryl methyl sites for hydroxylation is 4. The van der Waals surface area contributed by atoms with E-state index in [1.807, 2.05) is 89.2 Å². The molecule has 2 aliphatic heterocycles. The Kier molecular flexibility index (Phi) is 19.2. The van der Waals surface area contributed by atoms with Crippen molar-refractivity contribution in [1.29, 1.82) is 0 Å². The molecule has 2 heterocycles. The van der Waals surface area contributed by atoms with Crippen LogP contribution in [0.5, 0.6) is 0 Å². The SMILES string of the molecule is CC[C@@H](C)C(=O)NC(Cc1ccc(CCc2ccc(C(=O)NC3C[C@@H](C(=O)NC4CCCc5ccccc54)N(C(=O)[C@@H](NC(=O)[C@H](C)NC)C(C)(C)C)C3)cc2)cc1)C(=O)N1C[Si](C)(C)C[C@H]1C(=O)NC1CCCc2ccccc21. The first-order valence-electron chi connectivity index (χ1n) is 29.3.